The Hall–Kier alpha value is -0.860. The summed E-state index contributed by atoms with van der Waals surface area (Å²) in [4.78, 5) is 0. The molecule has 0 heterocycles. The van der Waals surface area contributed by atoms with Crippen molar-refractivity contribution < 1.29 is 9.84 Å². The van der Waals surface area contributed by atoms with Crippen LogP contribution < -0.4 is 0 Å². The molecule has 0 spiro atoms. The molecule has 1 aliphatic carbocycles. The summed E-state index contributed by atoms with van der Waals surface area (Å²) in [6.07, 6.45) is 2.76. The second kappa shape index (κ2) is 5.65. The van der Waals surface area contributed by atoms with E-state index in [0.29, 0.717) is 18.9 Å². The molecule has 0 amide bonds. The summed E-state index contributed by atoms with van der Waals surface area (Å²) in [6, 6.07) is 8.34. The van der Waals surface area contributed by atoms with Crippen molar-refractivity contribution in [1.82, 2.24) is 0 Å². The standard InChI is InChI=1S/C15H22O2/c1-3-17-15(13-7-8-13)14(16)10-12-6-4-5-11(2)9-12/h4-6,9,13-16H,3,7-8,10H2,1-2H3. The molecule has 0 aliphatic heterocycles. The highest BCUT2D eigenvalue weighted by Crippen LogP contribution is 2.36. The first kappa shape index (κ1) is 12.6. The van der Waals surface area contributed by atoms with Crippen molar-refractivity contribution in [2.75, 3.05) is 6.61 Å². The Kier molecular flexibility index (Phi) is 4.19. The fourth-order valence-corrected chi connectivity index (χ4v) is 2.38. The summed E-state index contributed by atoms with van der Waals surface area (Å²) in [7, 11) is 0. The summed E-state index contributed by atoms with van der Waals surface area (Å²) in [5.74, 6) is 0.578. The molecule has 1 saturated carbocycles. The van der Waals surface area contributed by atoms with Crippen molar-refractivity contribution in [3.8, 4) is 0 Å². The highest BCUT2D eigenvalue weighted by molar-refractivity contribution is 5.23. The van der Waals surface area contributed by atoms with Crippen molar-refractivity contribution in [2.24, 2.45) is 5.92 Å². The maximum Gasteiger partial charge on any atom is 0.0865 e. The van der Waals surface area contributed by atoms with Gasteiger partial charge in [-0.15, -0.1) is 0 Å². The third-order valence-electron chi connectivity index (χ3n) is 3.35. The van der Waals surface area contributed by atoms with E-state index in [1.165, 1.54) is 24.0 Å². The van der Waals surface area contributed by atoms with Crippen LogP contribution in [-0.2, 0) is 11.2 Å². The number of rotatable bonds is 6. The minimum Gasteiger partial charge on any atom is -0.390 e. The predicted octanol–water partition coefficient (Wildman–Crippen LogP) is 2.71. The minimum absolute atomic E-state index is 0.0283. The number of aryl methyl sites for hydroxylation is 1. The fraction of sp³-hybridized carbons (Fsp3) is 0.600. The molecule has 1 N–H and O–H groups in total. The number of benzene rings is 1. The van der Waals surface area contributed by atoms with Crippen LogP contribution in [-0.4, -0.2) is 23.9 Å². The van der Waals surface area contributed by atoms with Gasteiger partial charge < -0.3 is 9.84 Å². The summed E-state index contributed by atoms with van der Waals surface area (Å²) in [5.41, 5.74) is 2.44. The van der Waals surface area contributed by atoms with Crippen LogP contribution in [0.1, 0.15) is 30.9 Å². The van der Waals surface area contributed by atoms with Gasteiger partial charge in [0.15, 0.2) is 0 Å². The maximum atomic E-state index is 10.3. The van der Waals surface area contributed by atoms with E-state index in [1.807, 2.05) is 13.0 Å². The molecule has 0 radical (unpaired) electrons. The molecule has 0 bridgehead atoms. The van der Waals surface area contributed by atoms with Gasteiger partial charge in [0.25, 0.3) is 0 Å². The molecule has 1 aromatic carbocycles. The second-order valence-electron chi connectivity index (χ2n) is 5.02. The fourth-order valence-electron chi connectivity index (χ4n) is 2.38. The Bertz CT molecular complexity index is 358. The molecule has 2 rings (SSSR count). The summed E-state index contributed by atoms with van der Waals surface area (Å²) in [6.45, 7) is 4.76. The number of hydrogen-bond acceptors (Lipinski definition) is 2. The Morgan fingerprint density at radius 2 is 2.18 bits per heavy atom. The van der Waals surface area contributed by atoms with Gasteiger partial charge >= 0.3 is 0 Å². The highest BCUT2D eigenvalue weighted by Gasteiger charge is 2.36. The van der Waals surface area contributed by atoms with Gasteiger partial charge in [0, 0.05) is 13.0 Å². The average molecular weight is 234 g/mol. The Labute approximate surface area is 104 Å². The van der Waals surface area contributed by atoms with Crippen LogP contribution in [0, 0.1) is 12.8 Å². The van der Waals surface area contributed by atoms with Gasteiger partial charge in [0.2, 0.25) is 0 Å². The topological polar surface area (TPSA) is 29.5 Å². The molecule has 94 valence electrons. The zero-order chi connectivity index (χ0) is 12.3. The van der Waals surface area contributed by atoms with Crippen molar-refractivity contribution in [2.45, 2.75) is 45.3 Å². The van der Waals surface area contributed by atoms with Crippen molar-refractivity contribution in [3.63, 3.8) is 0 Å². The molecular formula is C15H22O2. The first-order chi connectivity index (χ1) is 8.20. The zero-order valence-corrected chi connectivity index (χ0v) is 10.7. The summed E-state index contributed by atoms with van der Waals surface area (Å²) in [5, 5.41) is 10.3. The molecule has 1 aliphatic rings. The predicted molar refractivity (Wildman–Crippen MR) is 69.0 cm³/mol. The van der Waals surface area contributed by atoms with Gasteiger partial charge in [0.05, 0.1) is 12.2 Å². The van der Waals surface area contributed by atoms with E-state index in [1.54, 1.807) is 0 Å². The molecule has 2 unspecified atom stereocenters. The van der Waals surface area contributed by atoms with E-state index in [2.05, 4.69) is 25.1 Å². The van der Waals surface area contributed by atoms with E-state index in [4.69, 9.17) is 4.74 Å². The normalized spacial score (nSPS) is 19.0. The van der Waals surface area contributed by atoms with Crippen LogP contribution in [0.15, 0.2) is 24.3 Å². The highest BCUT2D eigenvalue weighted by atomic mass is 16.5. The van der Waals surface area contributed by atoms with Crippen LogP contribution in [0.3, 0.4) is 0 Å². The lowest BCUT2D eigenvalue weighted by atomic mass is 10.00. The number of aliphatic hydroxyl groups is 1. The molecule has 2 atom stereocenters. The minimum atomic E-state index is -0.371. The van der Waals surface area contributed by atoms with Gasteiger partial charge in [-0.1, -0.05) is 29.8 Å². The molecular weight excluding hydrogens is 212 g/mol. The quantitative estimate of drug-likeness (QED) is 0.820. The lowest BCUT2D eigenvalue weighted by Gasteiger charge is -2.22. The van der Waals surface area contributed by atoms with Gasteiger partial charge in [-0.25, -0.2) is 0 Å². The second-order valence-corrected chi connectivity index (χ2v) is 5.02. The monoisotopic (exact) mass is 234 g/mol. The Morgan fingerprint density at radius 3 is 2.76 bits per heavy atom. The van der Waals surface area contributed by atoms with E-state index >= 15 is 0 Å². The third-order valence-corrected chi connectivity index (χ3v) is 3.35. The zero-order valence-electron chi connectivity index (χ0n) is 10.7. The van der Waals surface area contributed by atoms with Crippen LogP contribution in [0.25, 0.3) is 0 Å². The smallest absolute Gasteiger partial charge is 0.0865 e. The van der Waals surface area contributed by atoms with E-state index in [9.17, 15) is 5.11 Å². The van der Waals surface area contributed by atoms with Gasteiger partial charge in [-0.3, -0.25) is 0 Å². The van der Waals surface area contributed by atoms with E-state index < -0.39 is 0 Å². The third kappa shape index (κ3) is 3.55. The number of ether oxygens (including phenoxy) is 1. The van der Waals surface area contributed by atoms with Crippen molar-refractivity contribution >= 4 is 0 Å². The molecule has 1 fully saturated rings. The number of hydrogen-bond donors (Lipinski definition) is 1. The van der Waals surface area contributed by atoms with Crippen LogP contribution in [0.2, 0.25) is 0 Å². The average Bonchev–Trinajstić information content (AvgIpc) is 3.09. The van der Waals surface area contributed by atoms with E-state index in [0.717, 1.165) is 0 Å². The number of aliphatic hydroxyl groups excluding tert-OH is 1. The van der Waals surface area contributed by atoms with Crippen LogP contribution in [0.5, 0.6) is 0 Å². The first-order valence-corrected chi connectivity index (χ1v) is 6.56. The maximum absolute atomic E-state index is 10.3. The lowest BCUT2D eigenvalue weighted by Crippen LogP contribution is -2.32. The van der Waals surface area contributed by atoms with Crippen LogP contribution in [0.4, 0.5) is 0 Å². The largest absolute Gasteiger partial charge is 0.390 e. The lowest BCUT2D eigenvalue weighted by molar-refractivity contribution is -0.0439. The molecule has 17 heavy (non-hydrogen) atoms. The first-order valence-electron chi connectivity index (χ1n) is 6.56. The SMILES string of the molecule is CCOC(C(O)Cc1cccc(C)c1)C1CC1. The van der Waals surface area contributed by atoms with Gasteiger partial charge in [0.1, 0.15) is 0 Å². The van der Waals surface area contributed by atoms with Gasteiger partial charge in [-0.05, 0) is 38.2 Å². The Morgan fingerprint density at radius 1 is 1.41 bits per heavy atom. The van der Waals surface area contributed by atoms with Crippen molar-refractivity contribution in [3.05, 3.63) is 35.4 Å². The van der Waals surface area contributed by atoms with Gasteiger partial charge in [-0.2, -0.15) is 0 Å². The molecule has 0 saturated heterocycles. The van der Waals surface area contributed by atoms with Crippen LogP contribution >= 0.6 is 0 Å². The molecule has 2 nitrogen and oxygen atoms in total. The molecule has 1 aromatic rings. The van der Waals surface area contributed by atoms with Crippen molar-refractivity contribution in [1.29, 1.82) is 0 Å². The summed E-state index contributed by atoms with van der Waals surface area (Å²) >= 11 is 0. The van der Waals surface area contributed by atoms with E-state index in [-0.39, 0.29) is 12.2 Å². The molecule has 0 aromatic heterocycles. The molecule has 2 heteroatoms. The Balaban J connectivity index is 1.96. The summed E-state index contributed by atoms with van der Waals surface area (Å²) < 4.78 is 5.68.